The molecule has 0 aliphatic heterocycles. The molecule has 0 aliphatic carbocycles. The van der Waals surface area contributed by atoms with Gasteiger partial charge in [0, 0.05) is 12.1 Å². The van der Waals surface area contributed by atoms with Crippen LogP contribution in [-0.4, -0.2) is 48.2 Å². The molecule has 0 fully saturated rings. The largest absolute Gasteiger partial charge is 0.497 e. The van der Waals surface area contributed by atoms with Crippen LogP contribution in [-0.2, 0) is 12.8 Å². The predicted octanol–water partition coefficient (Wildman–Crippen LogP) is 6.81. The fraction of sp³-hybridized carbons (Fsp3) is 0.270. The van der Waals surface area contributed by atoms with Crippen LogP contribution >= 0.6 is 0 Å². The van der Waals surface area contributed by atoms with E-state index in [9.17, 15) is 9.59 Å². The van der Waals surface area contributed by atoms with Crippen LogP contribution in [0.3, 0.4) is 0 Å². The van der Waals surface area contributed by atoms with Gasteiger partial charge in [-0.3, -0.25) is 14.2 Å². The highest BCUT2D eigenvalue weighted by atomic mass is 16.5. The van der Waals surface area contributed by atoms with Crippen molar-refractivity contribution in [3.63, 3.8) is 0 Å². The first-order chi connectivity index (χ1) is 21.9. The Morgan fingerprint density at radius 1 is 0.822 bits per heavy atom. The Hall–Kier alpha value is -5.11. The molecule has 4 aromatic carbocycles. The molecule has 1 amide bonds. The van der Waals surface area contributed by atoms with Gasteiger partial charge in [0.25, 0.3) is 11.5 Å². The number of benzene rings is 4. The molecule has 8 nitrogen and oxygen atoms in total. The zero-order valence-corrected chi connectivity index (χ0v) is 26.4. The van der Waals surface area contributed by atoms with Crippen LogP contribution in [0.15, 0.2) is 95.8 Å². The third kappa shape index (κ3) is 6.55. The molecular weight excluding hydrogens is 566 g/mol. The molecule has 1 atom stereocenters. The molecule has 0 radical (unpaired) electrons. The highest BCUT2D eigenvalue weighted by Crippen LogP contribution is 2.31. The van der Waals surface area contributed by atoms with Crippen molar-refractivity contribution in [1.82, 2.24) is 14.5 Å². The van der Waals surface area contributed by atoms with E-state index in [1.54, 1.807) is 50.2 Å². The number of carbonyl (C=O) groups excluding carboxylic acids is 1. The van der Waals surface area contributed by atoms with Gasteiger partial charge >= 0.3 is 0 Å². The smallest absolute Gasteiger partial charge is 0.266 e. The van der Waals surface area contributed by atoms with Crippen LogP contribution in [0.5, 0.6) is 17.2 Å². The number of methoxy groups -OCH3 is 3. The molecule has 8 heteroatoms. The molecule has 0 N–H and O–H groups in total. The van der Waals surface area contributed by atoms with E-state index in [1.165, 1.54) is 5.56 Å². The molecule has 5 rings (SSSR count). The van der Waals surface area contributed by atoms with Gasteiger partial charge in [0.15, 0.2) is 11.5 Å². The number of nitrogens with zero attached hydrogens (tertiary/aromatic N) is 3. The second-order valence-electron chi connectivity index (χ2n) is 10.7. The van der Waals surface area contributed by atoms with Gasteiger partial charge in [-0.2, -0.15) is 0 Å². The van der Waals surface area contributed by atoms with E-state index in [-0.39, 0.29) is 11.5 Å². The summed E-state index contributed by atoms with van der Waals surface area (Å²) in [6, 6.07) is 27.7. The minimum Gasteiger partial charge on any atom is -0.497 e. The summed E-state index contributed by atoms with van der Waals surface area (Å²) < 4.78 is 18.1. The molecule has 1 heterocycles. The number of aromatic nitrogens is 2. The SMILES string of the molecule is CCc1ccc(-n2c(C(CC)N(CCc3ccc(OC)c(OC)c3)C(=O)c3cccc(OC)c3)nc3ccccc3c2=O)cc1. The fourth-order valence-corrected chi connectivity index (χ4v) is 5.65. The Balaban J connectivity index is 1.66. The molecular formula is C37H39N3O5. The number of fused-ring (bicyclic) bond motifs is 1. The van der Waals surface area contributed by atoms with Gasteiger partial charge in [-0.05, 0) is 85.0 Å². The predicted molar refractivity (Wildman–Crippen MR) is 177 cm³/mol. The van der Waals surface area contributed by atoms with Crippen LogP contribution in [0, 0.1) is 0 Å². The minimum absolute atomic E-state index is 0.174. The second kappa shape index (κ2) is 14.1. The molecule has 0 aliphatic rings. The van der Waals surface area contributed by atoms with Crippen LogP contribution in [0.4, 0.5) is 0 Å². The van der Waals surface area contributed by atoms with Gasteiger partial charge in [0.1, 0.15) is 11.6 Å². The average molecular weight is 606 g/mol. The molecule has 1 unspecified atom stereocenters. The van der Waals surface area contributed by atoms with E-state index in [4.69, 9.17) is 19.2 Å². The summed E-state index contributed by atoms with van der Waals surface area (Å²) in [6.45, 7) is 4.47. The summed E-state index contributed by atoms with van der Waals surface area (Å²) in [7, 11) is 4.78. The Bertz CT molecular complexity index is 1850. The summed E-state index contributed by atoms with van der Waals surface area (Å²) in [5.74, 6) is 2.17. The third-order valence-electron chi connectivity index (χ3n) is 8.13. The molecule has 0 saturated heterocycles. The normalized spacial score (nSPS) is 11.7. The molecule has 5 aromatic rings. The number of amides is 1. The standard InChI is InChI=1S/C37H39N3O5/c1-6-25-15-18-28(19-16-25)40-35(38-31-14-9-8-13-30(31)37(40)42)32(7-2)39(36(41)27-11-10-12-29(24-27)43-3)22-21-26-17-20-33(44-4)34(23-26)45-5/h8-20,23-24,32H,6-7,21-22H2,1-5H3. The monoisotopic (exact) mass is 605 g/mol. The number of aryl methyl sites for hydroxylation is 1. The Morgan fingerprint density at radius 3 is 2.24 bits per heavy atom. The van der Waals surface area contributed by atoms with Crippen LogP contribution < -0.4 is 19.8 Å². The first kappa shape index (κ1) is 31.3. The third-order valence-corrected chi connectivity index (χ3v) is 8.13. The summed E-state index contributed by atoms with van der Waals surface area (Å²) >= 11 is 0. The van der Waals surface area contributed by atoms with Gasteiger partial charge in [0.05, 0.1) is 44.0 Å². The van der Waals surface area contributed by atoms with Crippen molar-refractivity contribution in [1.29, 1.82) is 0 Å². The number of carbonyl (C=O) groups is 1. The van der Waals surface area contributed by atoms with Gasteiger partial charge in [0.2, 0.25) is 0 Å². The van der Waals surface area contributed by atoms with Crippen molar-refractivity contribution in [3.05, 3.63) is 124 Å². The van der Waals surface area contributed by atoms with Gasteiger partial charge in [-0.25, -0.2) is 4.98 Å². The zero-order chi connectivity index (χ0) is 31.9. The lowest BCUT2D eigenvalue weighted by Crippen LogP contribution is -2.39. The van der Waals surface area contributed by atoms with Crippen LogP contribution in [0.25, 0.3) is 16.6 Å². The van der Waals surface area contributed by atoms with Crippen molar-refractivity contribution >= 4 is 16.8 Å². The fourth-order valence-electron chi connectivity index (χ4n) is 5.65. The molecule has 45 heavy (non-hydrogen) atoms. The number of ether oxygens (including phenoxy) is 3. The van der Waals surface area contributed by atoms with Gasteiger partial charge < -0.3 is 19.1 Å². The summed E-state index contributed by atoms with van der Waals surface area (Å²) in [4.78, 5) is 35.5. The Morgan fingerprint density at radius 2 is 1.56 bits per heavy atom. The second-order valence-corrected chi connectivity index (χ2v) is 10.7. The van der Waals surface area contributed by atoms with E-state index in [2.05, 4.69) is 6.92 Å². The maximum absolute atomic E-state index is 14.4. The number of rotatable bonds is 12. The molecule has 232 valence electrons. The van der Waals surface area contributed by atoms with Crippen molar-refractivity contribution in [2.24, 2.45) is 0 Å². The van der Waals surface area contributed by atoms with Gasteiger partial charge in [-0.1, -0.05) is 50.2 Å². The lowest BCUT2D eigenvalue weighted by molar-refractivity contribution is 0.0661. The Labute approximate surface area is 263 Å². The number of hydrogen-bond acceptors (Lipinski definition) is 6. The van der Waals surface area contributed by atoms with E-state index >= 15 is 0 Å². The average Bonchev–Trinajstić information content (AvgIpc) is 3.09. The maximum atomic E-state index is 14.4. The molecule has 1 aromatic heterocycles. The molecule has 0 spiro atoms. The quantitative estimate of drug-likeness (QED) is 0.155. The molecule has 0 saturated carbocycles. The van der Waals surface area contributed by atoms with Gasteiger partial charge in [-0.15, -0.1) is 0 Å². The summed E-state index contributed by atoms with van der Waals surface area (Å²) in [5, 5.41) is 0.520. The summed E-state index contributed by atoms with van der Waals surface area (Å²) in [6.07, 6.45) is 1.95. The lowest BCUT2D eigenvalue weighted by Gasteiger charge is -2.33. The highest BCUT2D eigenvalue weighted by Gasteiger charge is 2.30. The molecule has 0 bridgehead atoms. The van der Waals surface area contributed by atoms with E-state index < -0.39 is 6.04 Å². The first-order valence-corrected chi connectivity index (χ1v) is 15.2. The van der Waals surface area contributed by atoms with Crippen LogP contribution in [0.2, 0.25) is 0 Å². The van der Waals surface area contributed by atoms with Crippen molar-refractivity contribution in [2.45, 2.75) is 39.2 Å². The zero-order valence-electron chi connectivity index (χ0n) is 26.4. The highest BCUT2D eigenvalue weighted by molar-refractivity contribution is 5.95. The topological polar surface area (TPSA) is 82.9 Å². The van der Waals surface area contributed by atoms with Crippen molar-refractivity contribution < 1.29 is 19.0 Å². The maximum Gasteiger partial charge on any atom is 0.266 e. The van der Waals surface area contributed by atoms with E-state index in [0.29, 0.717) is 64.6 Å². The van der Waals surface area contributed by atoms with Crippen molar-refractivity contribution in [3.8, 4) is 22.9 Å². The first-order valence-electron chi connectivity index (χ1n) is 15.2. The Kier molecular flexibility index (Phi) is 9.82. The van der Waals surface area contributed by atoms with Crippen LogP contribution in [0.1, 0.15) is 53.6 Å². The van der Waals surface area contributed by atoms with Crippen molar-refractivity contribution in [2.75, 3.05) is 27.9 Å². The number of para-hydroxylation sites is 1. The summed E-state index contributed by atoms with van der Waals surface area (Å²) in [5.41, 5.74) is 3.75. The van der Waals surface area contributed by atoms with E-state index in [0.717, 1.165) is 12.0 Å². The van der Waals surface area contributed by atoms with E-state index in [1.807, 2.05) is 78.6 Å². The minimum atomic E-state index is -0.521. The number of hydrogen-bond donors (Lipinski definition) is 0. The lowest BCUT2D eigenvalue weighted by atomic mass is 10.0.